The lowest BCUT2D eigenvalue weighted by Gasteiger charge is -2.32. The minimum absolute atomic E-state index is 0.237. The Bertz CT molecular complexity index is 1350. The molecular weight excluding hydrogens is 483 g/mol. The Hall–Kier alpha value is -3.38. The molecule has 1 aromatic heterocycles. The summed E-state index contributed by atoms with van der Waals surface area (Å²) in [6, 6.07) is 13.2. The molecular formula is C23H24F3N5O3S. The van der Waals surface area contributed by atoms with Crippen LogP contribution in [0.1, 0.15) is 22.5 Å². The molecule has 0 spiro atoms. The third-order valence-corrected chi connectivity index (χ3v) is 6.09. The molecule has 1 aliphatic heterocycles. The van der Waals surface area contributed by atoms with Gasteiger partial charge in [0.05, 0.1) is 11.8 Å². The number of alkyl halides is 3. The Kier molecular flexibility index (Phi) is 6.86. The van der Waals surface area contributed by atoms with Crippen LogP contribution in [0.4, 0.5) is 24.5 Å². The summed E-state index contributed by atoms with van der Waals surface area (Å²) in [5.74, 6) is -0.386. The monoisotopic (exact) mass is 507 g/mol. The zero-order chi connectivity index (χ0) is 25.2. The van der Waals surface area contributed by atoms with Crippen LogP contribution in [0.25, 0.3) is 10.9 Å². The number of rotatable bonds is 6. The average molecular weight is 508 g/mol. The Morgan fingerprint density at radius 2 is 1.80 bits per heavy atom. The molecule has 1 saturated heterocycles. The Morgan fingerprint density at radius 3 is 2.54 bits per heavy atom. The van der Waals surface area contributed by atoms with Gasteiger partial charge in [0.15, 0.2) is 0 Å². The van der Waals surface area contributed by atoms with E-state index in [9.17, 15) is 26.4 Å². The number of sulfonamides is 1. The molecule has 186 valence electrons. The lowest BCUT2D eigenvalue weighted by Crippen LogP contribution is -2.52. The van der Waals surface area contributed by atoms with Gasteiger partial charge in [-0.2, -0.15) is 13.2 Å². The fourth-order valence-corrected chi connectivity index (χ4v) is 4.58. The molecule has 0 aliphatic carbocycles. The molecule has 8 nitrogen and oxygen atoms in total. The van der Waals surface area contributed by atoms with Gasteiger partial charge in [0.1, 0.15) is 5.69 Å². The van der Waals surface area contributed by atoms with E-state index in [-0.39, 0.29) is 34.8 Å². The largest absolute Gasteiger partial charge is 0.433 e. The van der Waals surface area contributed by atoms with Crippen molar-refractivity contribution >= 4 is 38.2 Å². The summed E-state index contributed by atoms with van der Waals surface area (Å²) in [7, 11) is -3.49. The number of hydrogen-bond acceptors (Lipinski definition) is 6. The molecule has 0 bridgehead atoms. The van der Waals surface area contributed by atoms with Crippen LogP contribution in [-0.4, -0.2) is 50.7 Å². The van der Waals surface area contributed by atoms with Gasteiger partial charge in [-0.3, -0.25) is 9.52 Å². The van der Waals surface area contributed by atoms with E-state index in [4.69, 9.17) is 0 Å². The standard InChI is InChI=1S/C23H24F3N5O3S/c1-35(33,34)31-15-6-4-5-14(9-15)22(32)29-17-10-16(12-27-13-17)28-20-11-21(23(24,25)26)30-19-8-3-2-7-18(19)20/h2-9,11,16-17,27,31H,10,12-13H2,1H3,(H,28,30)(H,29,32)/t16?,17-/m0/s1. The smallest absolute Gasteiger partial charge is 0.380 e. The van der Waals surface area contributed by atoms with E-state index in [1.54, 1.807) is 30.3 Å². The number of benzene rings is 2. The van der Waals surface area contributed by atoms with Crippen molar-refractivity contribution in [2.45, 2.75) is 24.7 Å². The highest BCUT2D eigenvalue weighted by Gasteiger charge is 2.34. The topological polar surface area (TPSA) is 112 Å². The SMILES string of the molecule is CS(=O)(=O)Nc1cccc(C(=O)N[C@@H]2CNCC(Nc3cc(C(F)(F)F)nc4ccccc34)C2)c1. The van der Waals surface area contributed by atoms with Gasteiger partial charge in [-0.15, -0.1) is 0 Å². The first-order valence-corrected chi connectivity index (χ1v) is 12.7. The third-order valence-electron chi connectivity index (χ3n) is 5.48. The minimum Gasteiger partial charge on any atom is -0.380 e. The van der Waals surface area contributed by atoms with E-state index in [1.165, 1.54) is 18.2 Å². The van der Waals surface area contributed by atoms with Gasteiger partial charge in [0, 0.05) is 47.5 Å². The zero-order valence-electron chi connectivity index (χ0n) is 18.7. The molecule has 2 atom stereocenters. The van der Waals surface area contributed by atoms with E-state index in [1.807, 2.05) is 0 Å². The second-order valence-electron chi connectivity index (χ2n) is 8.43. The van der Waals surface area contributed by atoms with Crippen molar-refractivity contribution in [3.8, 4) is 0 Å². The number of hydrogen-bond donors (Lipinski definition) is 4. The van der Waals surface area contributed by atoms with Crippen molar-refractivity contribution in [2.75, 3.05) is 29.4 Å². The predicted octanol–water partition coefficient (Wildman–Crippen LogP) is 3.20. The van der Waals surface area contributed by atoms with Crippen molar-refractivity contribution in [1.82, 2.24) is 15.6 Å². The number of anilines is 2. The fourth-order valence-electron chi connectivity index (χ4n) is 4.03. The molecule has 4 N–H and O–H groups in total. The number of fused-ring (bicyclic) bond motifs is 1. The van der Waals surface area contributed by atoms with E-state index in [0.29, 0.717) is 30.6 Å². The molecule has 4 rings (SSSR count). The van der Waals surface area contributed by atoms with E-state index < -0.39 is 21.9 Å². The number of carbonyl (C=O) groups excluding carboxylic acids is 1. The maximum atomic E-state index is 13.4. The fraction of sp³-hybridized carbons (Fsp3) is 0.304. The number of nitrogens with one attached hydrogen (secondary N) is 4. The highest BCUT2D eigenvalue weighted by molar-refractivity contribution is 7.92. The zero-order valence-corrected chi connectivity index (χ0v) is 19.5. The number of pyridine rings is 1. The quantitative estimate of drug-likeness (QED) is 0.408. The van der Waals surface area contributed by atoms with Crippen LogP contribution in [0.5, 0.6) is 0 Å². The molecule has 12 heteroatoms. The minimum atomic E-state index is -4.58. The molecule has 0 radical (unpaired) electrons. The van der Waals surface area contributed by atoms with Gasteiger partial charge < -0.3 is 16.0 Å². The molecule has 1 amide bonds. The van der Waals surface area contributed by atoms with Gasteiger partial charge in [0.2, 0.25) is 10.0 Å². The summed E-state index contributed by atoms with van der Waals surface area (Å²) in [6.07, 6.45) is -3.09. The van der Waals surface area contributed by atoms with Crippen molar-refractivity contribution in [3.63, 3.8) is 0 Å². The Balaban J connectivity index is 1.47. The second kappa shape index (κ2) is 9.70. The van der Waals surface area contributed by atoms with Crippen LogP contribution < -0.4 is 20.7 Å². The molecule has 1 aliphatic rings. The van der Waals surface area contributed by atoms with Crippen molar-refractivity contribution in [2.24, 2.45) is 0 Å². The molecule has 35 heavy (non-hydrogen) atoms. The number of amides is 1. The number of halogens is 3. The van der Waals surface area contributed by atoms with Gasteiger partial charge in [0.25, 0.3) is 5.91 Å². The number of nitrogens with zero attached hydrogens (tertiary/aromatic N) is 1. The van der Waals surface area contributed by atoms with Crippen molar-refractivity contribution in [3.05, 3.63) is 65.9 Å². The van der Waals surface area contributed by atoms with Crippen LogP contribution in [0.15, 0.2) is 54.6 Å². The lowest BCUT2D eigenvalue weighted by molar-refractivity contribution is -0.140. The van der Waals surface area contributed by atoms with Crippen LogP contribution in [0, 0.1) is 0 Å². The molecule has 2 aromatic carbocycles. The molecule has 1 fully saturated rings. The first-order chi connectivity index (χ1) is 16.5. The summed E-state index contributed by atoms with van der Waals surface area (Å²) in [6.45, 7) is 0.980. The van der Waals surface area contributed by atoms with Crippen molar-refractivity contribution in [1.29, 1.82) is 0 Å². The van der Waals surface area contributed by atoms with Crippen LogP contribution >= 0.6 is 0 Å². The highest BCUT2D eigenvalue weighted by Crippen LogP contribution is 2.33. The van der Waals surface area contributed by atoms with Gasteiger partial charge in [-0.05, 0) is 36.8 Å². The first kappa shape index (κ1) is 24.7. The summed E-state index contributed by atoms with van der Waals surface area (Å²) < 4.78 is 65.3. The highest BCUT2D eigenvalue weighted by atomic mass is 32.2. The molecule has 3 aromatic rings. The summed E-state index contributed by atoms with van der Waals surface area (Å²) in [4.78, 5) is 16.5. The van der Waals surface area contributed by atoms with Crippen LogP contribution in [0.3, 0.4) is 0 Å². The first-order valence-electron chi connectivity index (χ1n) is 10.8. The Labute approximate surface area is 200 Å². The summed E-state index contributed by atoms with van der Waals surface area (Å²) in [5, 5.41) is 9.85. The second-order valence-corrected chi connectivity index (χ2v) is 10.2. The maximum Gasteiger partial charge on any atom is 0.433 e. The van der Waals surface area contributed by atoms with Crippen molar-refractivity contribution < 1.29 is 26.4 Å². The van der Waals surface area contributed by atoms with E-state index in [2.05, 4.69) is 25.7 Å². The number of aromatic nitrogens is 1. The average Bonchev–Trinajstić information content (AvgIpc) is 2.78. The van der Waals surface area contributed by atoms with Crippen LogP contribution in [-0.2, 0) is 16.2 Å². The maximum absolute atomic E-state index is 13.4. The summed E-state index contributed by atoms with van der Waals surface area (Å²) in [5.41, 5.74) is 0.132. The summed E-state index contributed by atoms with van der Waals surface area (Å²) >= 11 is 0. The lowest BCUT2D eigenvalue weighted by atomic mass is 10.0. The molecule has 2 heterocycles. The van der Waals surface area contributed by atoms with E-state index in [0.717, 1.165) is 12.3 Å². The number of carbonyl (C=O) groups is 1. The number of piperidine rings is 1. The third kappa shape index (κ3) is 6.40. The van der Waals surface area contributed by atoms with Crippen LogP contribution in [0.2, 0.25) is 0 Å². The van der Waals surface area contributed by atoms with Gasteiger partial charge in [-0.1, -0.05) is 24.3 Å². The normalized spacial score (nSPS) is 18.7. The molecule has 0 saturated carbocycles. The Morgan fingerprint density at radius 1 is 1.06 bits per heavy atom. The predicted molar refractivity (Wildman–Crippen MR) is 128 cm³/mol. The van der Waals surface area contributed by atoms with Gasteiger partial charge >= 0.3 is 6.18 Å². The van der Waals surface area contributed by atoms with E-state index >= 15 is 0 Å². The number of para-hydroxylation sites is 1. The van der Waals surface area contributed by atoms with Gasteiger partial charge in [-0.25, -0.2) is 13.4 Å². The molecule has 1 unspecified atom stereocenters.